The van der Waals surface area contributed by atoms with Gasteiger partial charge in [0.1, 0.15) is 6.61 Å². The van der Waals surface area contributed by atoms with Crippen LogP contribution in [0.4, 0.5) is 17.6 Å². The first-order chi connectivity index (χ1) is 9.66. The Hall–Kier alpha value is -2.09. The fourth-order valence-corrected chi connectivity index (χ4v) is 1.19. The maximum Gasteiger partial charge on any atom is 0.338 e. The fourth-order valence-electron chi connectivity index (χ4n) is 1.19. The lowest BCUT2D eigenvalue weighted by molar-refractivity contribution is -0.130. The second-order valence-corrected chi connectivity index (χ2v) is 4.24. The van der Waals surface area contributed by atoms with E-state index >= 15 is 0 Å². The van der Waals surface area contributed by atoms with Crippen molar-refractivity contribution in [2.75, 3.05) is 6.61 Å². The maximum atomic E-state index is 13.6. The molecule has 0 bridgehead atoms. The van der Waals surface area contributed by atoms with Crippen LogP contribution < -0.4 is 9.47 Å². The Morgan fingerprint density at radius 3 is 1.95 bits per heavy atom. The molecule has 1 atom stereocenters. The van der Waals surface area contributed by atoms with Crippen molar-refractivity contribution < 1.29 is 36.9 Å². The van der Waals surface area contributed by atoms with Crippen LogP contribution in [-0.2, 0) is 4.79 Å². The van der Waals surface area contributed by atoms with Gasteiger partial charge in [-0.15, -0.1) is 0 Å². The first-order valence-corrected chi connectivity index (χ1v) is 5.71. The van der Waals surface area contributed by atoms with Gasteiger partial charge in [-0.25, -0.2) is 4.79 Å². The van der Waals surface area contributed by atoms with E-state index in [0.717, 1.165) is 0 Å². The molecule has 0 saturated heterocycles. The number of rotatable bonds is 5. The van der Waals surface area contributed by atoms with Crippen molar-refractivity contribution in [1.82, 2.24) is 0 Å². The third-order valence-electron chi connectivity index (χ3n) is 2.19. The van der Waals surface area contributed by atoms with Crippen molar-refractivity contribution in [3.8, 4) is 11.5 Å². The second-order valence-electron chi connectivity index (χ2n) is 4.24. The summed E-state index contributed by atoms with van der Waals surface area (Å²) in [6.07, 6.45) is -1.11. The van der Waals surface area contributed by atoms with Crippen LogP contribution in [-0.4, -0.2) is 23.8 Å². The minimum Gasteiger partial charge on any atom is -0.485 e. The van der Waals surface area contributed by atoms with Crippen molar-refractivity contribution in [2.24, 2.45) is 0 Å². The average molecular weight is 308 g/mol. The van der Waals surface area contributed by atoms with Gasteiger partial charge >= 0.3 is 5.97 Å². The smallest absolute Gasteiger partial charge is 0.338 e. The summed E-state index contributed by atoms with van der Waals surface area (Å²) in [5, 5.41) is 8.93. The molecule has 0 amide bonds. The second kappa shape index (κ2) is 6.57. The summed E-state index contributed by atoms with van der Waals surface area (Å²) < 4.78 is 63.1. The van der Waals surface area contributed by atoms with Gasteiger partial charge in [-0.3, -0.25) is 0 Å². The molecule has 0 fully saturated rings. The number of aliphatic hydroxyl groups is 1. The number of carbonyl (C=O) groups excluding carboxylic acids is 1. The van der Waals surface area contributed by atoms with Crippen LogP contribution in [0.3, 0.4) is 0 Å². The highest BCUT2D eigenvalue weighted by atomic mass is 19.2. The molecule has 0 aliphatic rings. The lowest BCUT2D eigenvalue weighted by Crippen LogP contribution is -2.17. The van der Waals surface area contributed by atoms with Crippen LogP contribution in [0.15, 0.2) is 12.2 Å². The zero-order chi connectivity index (χ0) is 16.3. The highest BCUT2D eigenvalue weighted by molar-refractivity contribution is 5.88. The van der Waals surface area contributed by atoms with E-state index in [2.05, 4.69) is 16.1 Å². The number of esters is 1. The molecule has 8 heteroatoms. The van der Waals surface area contributed by atoms with Crippen LogP contribution in [0.1, 0.15) is 13.8 Å². The molecule has 0 aliphatic heterocycles. The van der Waals surface area contributed by atoms with Crippen LogP contribution in [0.5, 0.6) is 11.5 Å². The predicted molar refractivity (Wildman–Crippen MR) is 63.9 cm³/mol. The predicted octanol–water partition coefficient (Wildman–Crippen LogP) is 2.48. The van der Waals surface area contributed by atoms with E-state index in [4.69, 9.17) is 5.11 Å². The molecule has 116 valence electrons. The summed E-state index contributed by atoms with van der Waals surface area (Å²) in [4.78, 5) is 11.2. The molecule has 4 nitrogen and oxygen atoms in total. The standard InChI is InChI=1S/C13H12F4O4/c1-5(2)13(19)21-12-9(16)7(14)11(8(15)10(12)17)20-4-6(3)18/h6,18H,1,4H2,2-3H3. The third-order valence-corrected chi connectivity index (χ3v) is 2.19. The number of ether oxygens (including phenoxy) is 2. The van der Waals surface area contributed by atoms with Crippen molar-refractivity contribution in [3.63, 3.8) is 0 Å². The van der Waals surface area contributed by atoms with Gasteiger partial charge in [-0.05, 0) is 13.8 Å². The minimum absolute atomic E-state index is 0.218. The normalized spacial score (nSPS) is 12.0. The molecular formula is C13H12F4O4. The molecule has 0 radical (unpaired) electrons. The lowest BCUT2D eigenvalue weighted by Gasteiger charge is -2.13. The number of hydrogen-bond acceptors (Lipinski definition) is 4. The van der Waals surface area contributed by atoms with Gasteiger partial charge < -0.3 is 14.6 Å². The number of aliphatic hydroxyl groups excluding tert-OH is 1. The molecule has 0 spiro atoms. The van der Waals surface area contributed by atoms with E-state index in [-0.39, 0.29) is 5.57 Å². The number of carbonyl (C=O) groups is 1. The molecule has 1 unspecified atom stereocenters. The summed E-state index contributed by atoms with van der Waals surface area (Å²) >= 11 is 0. The lowest BCUT2D eigenvalue weighted by atomic mass is 10.2. The van der Waals surface area contributed by atoms with Gasteiger partial charge in [0.05, 0.1) is 6.10 Å². The van der Waals surface area contributed by atoms with Crippen molar-refractivity contribution in [1.29, 1.82) is 0 Å². The Morgan fingerprint density at radius 2 is 1.57 bits per heavy atom. The Balaban J connectivity index is 3.26. The van der Waals surface area contributed by atoms with Gasteiger partial charge in [0, 0.05) is 5.57 Å². The number of benzene rings is 1. The SMILES string of the molecule is C=C(C)C(=O)Oc1c(F)c(F)c(OCC(C)O)c(F)c1F. The van der Waals surface area contributed by atoms with Crippen molar-refractivity contribution in [3.05, 3.63) is 35.4 Å². The molecule has 21 heavy (non-hydrogen) atoms. The molecule has 0 saturated carbocycles. The summed E-state index contributed by atoms with van der Waals surface area (Å²) in [7, 11) is 0. The van der Waals surface area contributed by atoms with Gasteiger partial charge in [0.2, 0.25) is 29.0 Å². The topological polar surface area (TPSA) is 55.8 Å². The van der Waals surface area contributed by atoms with E-state index in [0.29, 0.717) is 0 Å². The van der Waals surface area contributed by atoms with Crippen LogP contribution >= 0.6 is 0 Å². The van der Waals surface area contributed by atoms with Crippen molar-refractivity contribution in [2.45, 2.75) is 20.0 Å². The summed E-state index contributed by atoms with van der Waals surface area (Å²) in [6, 6.07) is 0. The highest BCUT2D eigenvalue weighted by Crippen LogP contribution is 2.35. The summed E-state index contributed by atoms with van der Waals surface area (Å²) in [5.74, 6) is -11.7. The Kier molecular flexibility index (Phi) is 5.31. The van der Waals surface area contributed by atoms with Gasteiger partial charge in [-0.2, -0.15) is 17.6 Å². The van der Waals surface area contributed by atoms with Crippen LogP contribution in [0.25, 0.3) is 0 Å². The van der Waals surface area contributed by atoms with Gasteiger partial charge in [0.15, 0.2) is 5.75 Å². The fraction of sp³-hybridized carbons (Fsp3) is 0.308. The molecule has 1 rings (SSSR count). The van der Waals surface area contributed by atoms with Crippen LogP contribution in [0.2, 0.25) is 0 Å². The molecule has 0 aromatic heterocycles. The quantitative estimate of drug-likeness (QED) is 0.298. The average Bonchev–Trinajstić information content (AvgIpc) is 2.40. The molecule has 1 N–H and O–H groups in total. The van der Waals surface area contributed by atoms with Gasteiger partial charge in [-0.1, -0.05) is 6.58 Å². The van der Waals surface area contributed by atoms with E-state index in [1.165, 1.54) is 13.8 Å². The Bertz CT molecular complexity index is 555. The third kappa shape index (κ3) is 3.72. The van der Waals surface area contributed by atoms with E-state index in [1.807, 2.05) is 0 Å². The molecule has 1 aromatic rings. The molecule has 0 aliphatic carbocycles. The monoisotopic (exact) mass is 308 g/mol. The van der Waals surface area contributed by atoms with E-state index in [1.54, 1.807) is 0 Å². The summed E-state index contributed by atoms with van der Waals surface area (Å²) in [5.41, 5.74) is -0.218. The van der Waals surface area contributed by atoms with Crippen molar-refractivity contribution >= 4 is 5.97 Å². The van der Waals surface area contributed by atoms with E-state index < -0.39 is 53.4 Å². The first-order valence-electron chi connectivity index (χ1n) is 5.71. The number of hydrogen-bond donors (Lipinski definition) is 1. The zero-order valence-electron chi connectivity index (χ0n) is 11.2. The molecule has 0 heterocycles. The van der Waals surface area contributed by atoms with E-state index in [9.17, 15) is 22.4 Å². The molecule has 1 aromatic carbocycles. The molecular weight excluding hydrogens is 296 g/mol. The minimum atomic E-state index is -1.93. The summed E-state index contributed by atoms with van der Waals surface area (Å²) in [6.45, 7) is 5.00. The Morgan fingerprint density at radius 1 is 1.14 bits per heavy atom. The zero-order valence-corrected chi connectivity index (χ0v) is 11.2. The van der Waals surface area contributed by atoms with Crippen LogP contribution in [0, 0.1) is 23.3 Å². The maximum absolute atomic E-state index is 13.6. The highest BCUT2D eigenvalue weighted by Gasteiger charge is 2.29. The Labute approximate surface area is 117 Å². The first kappa shape index (κ1) is 17.0. The largest absolute Gasteiger partial charge is 0.485 e. The van der Waals surface area contributed by atoms with Gasteiger partial charge in [0.25, 0.3) is 0 Å². The number of halogens is 4.